The fourth-order valence-corrected chi connectivity index (χ4v) is 6.52. The van der Waals surface area contributed by atoms with Gasteiger partial charge in [-0.3, -0.25) is 15.1 Å². The fourth-order valence-electron chi connectivity index (χ4n) is 6.52. The summed E-state index contributed by atoms with van der Waals surface area (Å²) in [6, 6.07) is -0.357. The minimum absolute atomic E-state index is 0.0491. The van der Waals surface area contributed by atoms with Crippen LogP contribution in [-0.4, -0.2) is 62.3 Å². The molecule has 3 rings (SSSR count). The maximum absolute atomic E-state index is 14.8. The van der Waals surface area contributed by atoms with E-state index in [0.717, 1.165) is 43.4 Å². The number of halogens is 1. The summed E-state index contributed by atoms with van der Waals surface area (Å²) in [7, 11) is 1.99. The van der Waals surface area contributed by atoms with E-state index in [9.17, 15) is 9.18 Å². The predicted molar refractivity (Wildman–Crippen MR) is 148 cm³/mol. The Morgan fingerprint density at radius 2 is 2.05 bits per heavy atom. The van der Waals surface area contributed by atoms with Crippen LogP contribution in [0.25, 0.3) is 0 Å². The highest BCUT2D eigenvalue weighted by atomic mass is 19.1. The normalized spacial score (nSPS) is 33.7. The molecular formula is C27H49FN8O. The van der Waals surface area contributed by atoms with E-state index >= 15 is 0 Å². The zero-order valence-corrected chi connectivity index (χ0v) is 23.3. The van der Waals surface area contributed by atoms with Crippen molar-refractivity contribution in [2.45, 2.75) is 84.6 Å². The molecule has 1 amide bonds. The maximum atomic E-state index is 14.8. The van der Waals surface area contributed by atoms with Crippen molar-refractivity contribution in [3.8, 4) is 0 Å². The Bertz CT molecular complexity index is 874. The molecule has 10 heteroatoms. The lowest BCUT2D eigenvalue weighted by molar-refractivity contribution is -0.126. The third kappa shape index (κ3) is 6.85. The minimum Gasteiger partial charge on any atom is -0.327 e. The molecule has 0 aromatic carbocycles. The lowest BCUT2D eigenvalue weighted by Gasteiger charge is -2.44. The van der Waals surface area contributed by atoms with Gasteiger partial charge in [-0.25, -0.2) is 14.8 Å². The van der Waals surface area contributed by atoms with Crippen LogP contribution in [0.4, 0.5) is 4.39 Å². The van der Waals surface area contributed by atoms with E-state index < -0.39 is 12.1 Å². The molecule has 3 aliphatic heterocycles. The second-order valence-electron chi connectivity index (χ2n) is 11.0. The summed E-state index contributed by atoms with van der Waals surface area (Å²) in [6.45, 7) is 9.64. The summed E-state index contributed by atoms with van der Waals surface area (Å²) in [4.78, 5) is 18.5. The largest absolute Gasteiger partial charge is 0.327 e. The van der Waals surface area contributed by atoms with Crippen molar-refractivity contribution in [3.63, 3.8) is 0 Å². The van der Waals surface area contributed by atoms with Crippen LogP contribution in [0.5, 0.6) is 0 Å². The standard InChI is InChI=1S/C27H49FN8O/c1-6-9-18-13-31-15-21(22(18)25-33-16-34-36(25)5)35-26(37)23(24(29)30)20-12-27(8-3,10-7-2)17(4)11-19(28)14-32-20/h11,13,17-18,20,23-25,32-34H,6-10,12,14-16,29-30H2,1-5H3,(H,35,37)/b19-11+. The van der Waals surface area contributed by atoms with Gasteiger partial charge in [-0.05, 0) is 48.7 Å². The molecule has 0 aliphatic carbocycles. The number of nitrogens with two attached hydrogens (primary N) is 2. The number of nitrogens with zero attached hydrogens (tertiary/aromatic N) is 2. The number of allylic oxidation sites excluding steroid dienone is 1. The van der Waals surface area contributed by atoms with Gasteiger partial charge in [-0.1, -0.05) is 40.5 Å². The molecule has 3 heterocycles. The molecule has 3 aliphatic rings. The van der Waals surface area contributed by atoms with Crippen LogP contribution in [-0.2, 0) is 4.79 Å². The lowest BCUT2D eigenvalue weighted by atomic mass is 9.65. The first-order valence-electron chi connectivity index (χ1n) is 14.0. The topological polar surface area (TPSA) is 133 Å². The predicted octanol–water partition coefficient (Wildman–Crippen LogP) is 2.09. The molecule has 1 fully saturated rings. The summed E-state index contributed by atoms with van der Waals surface area (Å²) < 4.78 is 14.8. The van der Waals surface area contributed by atoms with Crippen molar-refractivity contribution in [1.29, 1.82) is 0 Å². The van der Waals surface area contributed by atoms with Crippen molar-refractivity contribution >= 4 is 12.1 Å². The van der Waals surface area contributed by atoms with E-state index in [-0.39, 0.29) is 47.7 Å². The molecule has 37 heavy (non-hydrogen) atoms. The number of amides is 1. The van der Waals surface area contributed by atoms with Crippen LogP contribution >= 0.6 is 0 Å². The third-order valence-corrected chi connectivity index (χ3v) is 8.62. The summed E-state index contributed by atoms with van der Waals surface area (Å²) in [5.41, 5.74) is 17.6. The number of hydrazine groups is 1. The number of hydrogen-bond acceptors (Lipinski definition) is 8. The van der Waals surface area contributed by atoms with Crippen molar-refractivity contribution in [2.75, 3.05) is 26.8 Å². The van der Waals surface area contributed by atoms with Crippen molar-refractivity contribution in [1.82, 2.24) is 26.4 Å². The first-order chi connectivity index (χ1) is 17.7. The summed E-state index contributed by atoms with van der Waals surface area (Å²) >= 11 is 0. The molecule has 0 radical (unpaired) electrons. The number of likely N-dealkylation sites (N-methyl/N-ethyl adjacent to an activating group) is 1. The number of carbonyl (C=O) groups is 1. The Balaban J connectivity index is 1.94. The number of hydrogen-bond donors (Lipinski definition) is 6. The Hall–Kier alpha value is -1.69. The Morgan fingerprint density at radius 1 is 1.30 bits per heavy atom. The molecule has 9 nitrogen and oxygen atoms in total. The van der Waals surface area contributed by atoms with Gasteiger partial charge >= 0.3 is 0 Å². The SMILES string of the molecule is CCCC1C=NCC(NC(=O)C(C(N)N)C2CC(CC)(CCC)C(C)/C=C(/F)CN2)=C1C1NCNN1C. The zero-order chi connectivity index (χ0) is 27.2. The summed E-state index contributed by atoms with van der Waals surface area (Å²) in [5.74, 6) is -0.991. The van der Waals surface area contributed by atoms with Gasteiger partial charge in [0.05, 0.1) is 31.5 Å². The molecule has 0 bridgehead atoms. The Morgan fingerprint density at radius 3 is 2.65 bits per heavy atom. The number of carbonyl (C=O) groups excluding carboxylic acids is 1. The van der Waals surface area contributed by atoms with Gasteiger partial charge in [-0.15, -0.1) is 0 Å². The Kier molecular flexibility index (Phi) is 10.8. The van der Waals surface area contributed by atoms with Crippen molar-refractivity contribution in [3.05, 3.63) is 23.2 Å². The van der Waals surface area contributed by atoms with Crippen LogP contribution < -0.4 is 32.8 Å². The highest BCUT2D eigenvalue weighted by Gasteiger charge is 2.42. The number of dihydropyridines is 1. The molecule has 6 unspecified atom stereocenters. The van der Waals surface area contributed by atoms with Crippen molar-refractivity contribution < 1.29 is 9.18 Å². The summed E-state index contributed by atoms with van der Waals surface area (Å²) in [6.07, 6.45) is 8.23. The van der Waals surface area contributed by atoms with E-state index in [2.05, 4.69) is 54.1 Å². The smallest absolute Gasteiger partial charge is 0.231 e. The number of aliphatic imine (C=N–C) groups is 1. The van der Waals surface area contributed by atoms with E-state index in [1.54, 1.807) is 6.08 Å². The second-order valence-corrected chi connectivity index (χ2v) is 11.0. The van der Waals surface area contributed by atoms with Gasteiger partial charge in [0.2, 0.25) is 5.91 Å². The van der Waals surface area contributed by atoms with Gasteiger partial charge in [0.1, 0.15) is 5.83 Å². The van der Waals surface area contributed by atoms with E-state index in [1.807, 2.05) is 18.3 Å². The molecule has 0 saturated carbocycles. The van der Waals surface area contributed by atoms with Crippen LogP contribution in [0.2, 0.25) is 0 Å². The lowest BCUT2D eigenvalue weighted by Crippen LogP contribution is -2.58. The average molecular weight is 521 g/mol. The number of rotatable bonds is 10. The number of nitrogens with one attached hydrogen (secondary N) is 4. The zero-order valence-electron chi connectivity index (χ0n) is 23.3. The third-order valence-electron chi connectivity index (χ3n) is 8.62. The van der Waals surface area contributed by atoms with Crippen LogP contribution in [0, 0.1) is 23.2 Å². The molecule has 0 spiro atoms. The van der Waals surface area contributed by atoms with E-state index in [1.165, 1.54) is 0 Å². The fraction of sp³-hybridized carbons (Fsp3) is 0.778. The summed E-state index contributed by atoms with van der Waals surface area (Å²) in [5, 5.41) is 12.0. The maximum Gasteiger partial charge on any atom is 0.231 e. The first kappa shape index (κ1) is 29.9. The quantitative estimate of drug-likeness (QED) is 0.243. The highest BCUT2D eigenvalue weighted by Crippen LogP contribution is 2.44. The monoisotopic (exact) mass is 520 g/mol. The van der Waals surface area contributed by atoms with E-state index in [4.69, 9.17) is 11.5 Å². The van der Waals surface area contributed by atoms with Gasteiger partial charge in [0.25, 0.3) is 0 Å². The second kappa shape index (κ2) is 13.4. The van der Waals surface area contributed by atoms with Crippen LogP contribution in [0.3, 0.4) is 0 Å². The molecule has 0 aromatic heterocycles. The minimum atomic E-state index is -0.896. The molecule has 6 atom stereocenters. The average Bonchev–Trinajstić information content (AvgIpc) is 3.26. The van der Waals surface area contributed by atoms with Crippen LogP contribution in [0.15, 0.2) is 28.2 Å². The van der Waals surface area contributed by atoms with Gasteiger partial charge < -0.3 is 22.1 Å². The highest BCUT2D eigenvalue weighted by molar-refractivity contribution is 5.83. The van der Waals surface area contributed by atoms with Gasteiger partial charge in [0.15, 0.2) is 0 Å². The molecule has 8 N–H and O–H groups in total. The van der Waals surface area contributed by atoms with Gasteiger partial charge in [0, 0.05) is 37.5 Å². The van der Waals surface area contributed by atoms with Gasteiger partial charge in [-0.2, -0.15) is 0 Å². The van der Waals surface area contributed by atoms with Crippen molar-refractivity contribution in [2.24, 2.45) is 39.6 Å². The Labute approximate surface area is 222 Å². The molecular weight excluding hydrogens is 471 g/mol. The van der Waals surface area contributed by atoms with E-state index in [0.29, 0.717) is 19.6 Å². The molecule has 0 aromatic rings. The first-order valence-corrected chi connectivity index (χ1v) is 14.0. The molecule has 210 valence electrons. The molecule has 1 saturated heterocycles. The van der Waals surface area contributed by atoms with Crippen LogP contribution in [0.1, 0.15) is 66.2 Å².